The average Bonchev–Trinajstić information content (AvgIpc) is 1.79. The second kappa shape index (κ2) is 3.92. The first-order chi connectivity index (χ1) is 4.88. The molecule has 0 N–H and O–H groups in total. The number of hydrogen-bond donors (Lipinski definition) is 0. The predicted octanol–water partition coefficient (Wildman–Crippen LogP) is 1.13. The molecule has 2 nitrogen and oxygen atoms in total. The minimum Gasteiger partial charge on any atom is -0.371 e. The molecule has 1 unspecified atom stereocenters. The van der Waals surface area contributed by atoms with Gasteiger partial charge in [-0.1, -0.05) is 0 Å². The molecule has 0 fully saturated rings. The van der Waals surface area contributed by atoms with Crippen LogP contribution in [0.2, 0.25) is 0 Å². The molecule has 0 aromatic carbocycles. The fourth-order valence-electron chi connectivity index (χ4n) is 0.643. The van der Waals surface area contributed by atoms with Gasteiger partial charge in [0.2, 0.25) is 0 Å². The summed E-state index contributed by atoms with van der Waals surface area (Å²) in [6.45, 7) is -0.139. The summed E-state index contributed by atoms with van der Waals surface area (Å²) < 4.78 is 40.0. The summed E-state index contributed by atoms with van der Waals surface area (Å²) in [7, 11) is 4.19. The van der Waals surface area contributed by atoms with Crippen LogP contribution >= 0.6 is 0 Å². The van der Waals surface area contributed by atoms with Crippen molar-refractivity contribution in [2.45, 2.75) is 12.3 Å². The van der Waals surface area contributed by atoms with Crippen LogP contribution in [0.25, 0.3) is 0 Å². The number of alkyl halides is 3. The minimum absolute atomic E-state index is 0.139. The molecule has 11 heavy (non-hydrogen) atoms. The zero-order chi connectivity index (χ0) is 9.07. The lowest BCUT2D eigenvalue weighted by molar-refractivity contribution is -0.215. The van der Waals surface area contributed by atoms with Crippen molar-refractivity contribution in [3.8, 4) is 0 Å². The van der Waals surface area contributed by atoms with Crippen molar-refractivity contribution in [2.24, 2.45) is 0 Å². The first-order valence-electron chi connectivity index (χ1n) is 3.12. The van der Waals surface area contributed by atoms with Gasteiger partial charge in [-0.2, -0.15) is 13.2 Å². The van der Waals surface area contributed by atoms with Gasteiger partial charge in [0.15, 0.2) is 6.10 Å². The Labute approximate surface area is 63.9 Å². The van der Waals surface area contributed by atoms with Gasteiger partial charge >= 0.3 is 6.18 Å². The van der Waals surface area contributed by atoms with Crippen LogP contribution in [0, 0.1) is 0 Å². The summed E-state index contributed by atoms with van der Waals surface area (Å²) in [6.07, 6.45) is -5.95. The van der Waals surface area contributed by atoms with Gasteiger partial charge in [-0.15, -0.1) is 0 Å². The van der Waals surface area contributed by atoms with Crippen molar-refractivity contribution in [1.82, 2.24) is 4.90 Å². The maximum Gasteiger partial charge on any atom is 0.415 e. The van der Waals surface area contributed by atoms with Crippen LogP contribution in [0.4, 0.5) is 13.2 Å². The third kappa shape index (κ3) is 4.21. The Morgan fingerprint density at radius 3 is 1.91 bits per heavy atom. The quantitative estimate of drug-likeness (QED) is 0.631. The highest BCUT2D eigenvalue weighted by molar-refractivity contribution is 4.69. The van der Waals surface area contributed by atoms with E-state index in [1.165, 1.54) is 4.90 Å². The van der Waals surface area contributed by atoms with Crippen LogP contribution in [0.3, 0.4) is 0 Å². The molecule has 0 aromatic rings. The van der Waals surface area contributed by atoms with Crippen LogP contribution in [0.1, 0.15) is 0 Å². The standard InChI is InChI=1S/C6H12F3NO/c1-10(2)4-5(11-3)6(7,8)9/h5H,4H2,1-3H3. The highest BCUT2D eigenvalue weighted by atomic mass is 19.4. The fourth-order valence-corrected chi connectivity index (χ4v) is 0.643. The molecule has 0 spiro atoms. The Bertz CT molecular complexity index is 113. The van der Waals surface area contributed by atoms with Gasteiger partial charge in [-0.05, 0) is 14.1 Å². The number of methoxy groups -OCH3 is 1. The average molecular weight is 171 g/mol. The Balaban J connectivity index is 3.96. The van der Waals surface area contributed by atoms with Gasteiger partial charge in [0.25, 0.3) is 0 Å². The lowest BCUT2D eigenvalue weighted by Crippen LogP contribution is -2.39. The van der Waals surface area contributed by atoms with Gasteiger partial charge in [0.1, 0.15) is 0 Å². The fraction of sp³-hybridized carbons (Fsp3) is 1.00. The van der Waals surface area contributed by atoms with Crippen molar-refractivity contribution in [3.63, 3.8) is 0 Å². The maximum absolute atomic E-state index is 11.9. The Kier molecular flexibility index (Phi) is 3.82. The second-order valence-corrected chi connectivity index (χ2v) is 2.53. The van der Waals surface area contributed by atoms with E-state index in [9.17, 15) is 13.2 Å². The largest absolute Gasteiger partial charge is 0.415 e. The summed E-state index contributed by atoms with van der Waals surface area (Å²) in [5, 5.41) is 0. The van der Waals surface area contributed by atoms with E-state index in [4.69, 9.17) is 0 Å². The Morgan fingerprint density at radius 2 is 1.82 bits per heavy atom. The number of ether oxygens (including phenoxy) is 1. The van der Waals surface area contributed by atoms with Gasteiger partial charge in [0.05, 0.1) is 0 Å². The molecule has 0 aliphatic rings. The molecule has 5 heteroatoms. The van der Waals surface area contributed by atoms with Gasteiger partial charge in [-0.3, -0.25) is 0 Å². The lowest BCUT2D eigenvalue weighted by Gasteiger charge is -2.21. The lowest BCUT2D eigenvalue weighted by atomic mass is 10.3. The zero-order valence-electron chi connectivity index (χ0n) is 6.77. The normalized spacial score (nSPS) is 15.5. The first-order valence-corrected chi connectivity index (χ1v) is 3.12. The monoisotopic (exact) mass is 171 g/mol. The summed E-state index contributed by atoms with van der Waals surface area (Å²) in [4.78, 5) is 1.43. The molecule has 0 radical (unpaired) electrons. The molecular formula is C6H12F3NO. The maximum atomic E-state index is 11.9. The van der Waals surface area contributed by atoms with Crippen molar-refractivity contribution >= 4 is 0 Å². The predicted molar refractivity (Wildman–Crippen MR) is 35.4 cm³/mol. The Morgan fingerprint density at radius 1 is 1.36 bits per heavy atom. The summed E-state index contributed by atoms with van der Waals surface area (Å²) in [5.41, 5.74) is 0. The summed E-state index contributed by atoms with van der Waals surface area (Å²) in [6, 6.07) is 0. The van der Waals surface area contributed by atoms with Crippen molar-refractivity contribution < 1.29 is 17.9 Å². The molecule has 1 atom stereocenters. The molecule has 0 rings (SSSR count). The first kappa shape index (κ1) is 10.7. The molecule has 0 aliphatic carbocycles. The summed E-state index contributed by atoms with van der Waals surface area (Å²) in [5.74, 6) is 0. The van der Waals surface area contributed by atoms with E-state index in [1.54, 1.807) is 14.1 Å². The van der Waals surface area contributed by atoms with E-state index >= 15 is 0 Å². The minimum atomic E-state index is -4.26. The SMILES string of the molecule is COC(CN(C)C)C(F)(F)F. The van der Waals surface area contributed by atoms with E-state index in [0.717, 1.165) is 7.11 Å². The van der Waals surface area contributed by atoms with E-state index in [1.807, 2.05) is 0 Å². The van der Waals surface area contributed by atoms with E-state index in [0.29, 0.717) is 0 Å². The highest BCUT2D eigenvalue weighted by Gasteiger charge is 2.39. The van der Waals surface area contributed by atoms with Crippen molar-refractivity contribution in [3.05, 3.63) is 0 Å². The van der Waals surface area contributed by atoms with E-state index in [-0.39, 0.29) is 6.54 Å². The van der Waals surface area contributed by atoms with Gasteiger partial charge in [-0.25, -0.2) is 0 Å². The van der Waals surface area contributed by atoms with Crippen molar-refractivity contribution in [2.75, 3.05) is 27.7 Å². The van der Waals surface area contributed by atoms with Crippen molar-refractivity contribution in [1.29, 1.82) is 0 Å². The van der Waals surface area contributed by atoms with Crippen LogP contribution in [0.15, 0.2) is 0 Å². The smallest absolute Gasteiger partial charge is 0.371 e. The van der Waals surface area contributed by atoms with Crippen LogP contribution in [-0.2, 0) is 4.74 Å². The van der Waals surface area contributed by atoms with E-state index < -0.39 is 12.3 Å². The van der Waals surface area contributed by atoms with Gasteiger partial charge < -0.3 is 9.64 Å². The molecule has 0 saturated heterocycles. The number of rotatable bonds is 3. The molecule has 0 heterocycles. The molecule has 0 saturated carbocycles. The molecule has 68 valence electrons. The highest BCUT2D eigenvalue weighted by Crippen LogP contribution is 2.22. The molecular weight excluding hydrogens is 159 g/mol. The van der Waals surface area contributed by atoms with E-state index in [2.05, 4.69) is 4.74 Å². The second-order valence-electron chi connectivity index (χ2n) is 2.53. The number of nitrogens with zero attached hydrogens (tertiary/aromatic N) is 1. The molecule has 0 aliphatic heterocycles. The van der Waals surface area contributed by atoms with Crippen LogP contribution < -0.4 is 0 Å². The zero-order valence-corrected chi connectivity index (χ0v) is 6.77. The third-order valence-corrected chi connectivity index (χ3v) is 1.18. The number of halogens is 3. The van der Waals surface area contributed by atoms with Crippen LogP contribution in [-0.4, -0.2) is 44.9 Å². The topological polar surface area (TPSA) is 12.5 Å². The number of likely N-dealkylation sites (N-methyl/N-ethyl adjacent to an activating group) is 1. The molecule has 0 aromatic heterocycles. The third-order valence-electron chi connectivity index (χ3n) is 1.18. The number of hydrogen-bond acceptors (Lipinski definition) is 2. The summed E-state index contributed by atoms with van der Waals surface area (Å²) >= 11 is 0. The van der Waals surface area contributed by atoms with Gasteiger partial charge in [0, 0.05) is 13.7 Å². The molecule has 0 bridgehead atoms. The Hall–Kier alpha value is -0.290. The molecule has 0 amide bonds. The van der Waals surface area contributed by atoms with Crippen LogP contribution in [0.5, 0.6) is 0 Å².